The van der Waals surface area contributed by atoms with Gasteiger partial charge in [-0.1, -0.05) is 23.0 Å². The summed E-state index contributed by atoms with van der Waals surface area (Å²) in [6, 6.07) is 7.05. The molecule has 20 heavy (non-hydrogen) atoms. The molecule has 3 heterocycles. The van der Waals surface area contributed by atoms with Gasteiger partial charge in [-0.15, -0.1) is 11.3 Å². The average molecular weight is 306 g/mol. The predicted octanol–water partition coefficient (Wildman–Crippen LogP) is 2.36. The number of aromatic amines is 1. The van der Waals surface area contributed by atoms with E-state index in [0.29, 0.717) is 10.9 Å². The average Bonchev–Trinajstić information content (AvgIpc) is 3.06. The van der Waals surface area contributed by atoms with E-state index in [1.807, 2.05) is 23.6 Å². The lowest BCUT2D eigenvalue weighted by atomic mass is 10.3. The lowest BCUT2D eigenvalue weighted by Gasteiger charge is -1.98. The van der Waals surface area contributed by atoms with Gasteiger partial charge in [0.2, 0.25) is 0 Å². The van der Waals surface area contributed by atoms with Crippen molar-refractivity contribution in [2.45, 2.75) is 10.9 Å². The van der Waals surface area contributed by atoms with E-state index in [-0.39, 0.29) is 11.4 Å². The second-order valence-corrected chi connectivity index (χ2v) is 5.84. The predicted molar refractivity (Wildman–Crippen MR) is 78.6 cm³/mol. The van der Waals surface area contributed by atoms with Gasteiger partial charge in [-0.2, -0.15) is 0 Å². The third-order valence-electron chi connectivity index (χ3n) is 2.42. The van der Waals surface area contributed by atoms with Gasteiger partial charge in [-0.05, 0) is 11.4 Å². The number of H-pyrrole nitrogens is 1. The minimum Gasteiger partial charge on any atom is -0.383 e. The maximum absolute atomic E-state index is 11.3. The number of thiophene rings is 1. The van der Waals surface area contributed by atoms with Crippen molar-refractivity contribution in [2.75, 3.05) is 5.73 Å². The van der Waals surface area contributed by atoms with E-state index >= 15 is 0 Å². The van der Waals surface area contributed by atoms with Gasteiger partial charge in [0.05, 0.1) is 10.6 Å². The molecule has 0 fully saturated rings. The van der Waals surface area contributed by atoms with Gasteiger partial charge >= 0.3 is 0 Å². The molecule has 0 bridgehead atoms. The molecule has 6 nitrogen and oxygen atoms in total. The monoisotopic (exact) mass is 306 g/mol. The van der Waals surface area contributed by atoms with Gasteiger partial charge in [-0.3, -0.25) is 4.79 Å². The molecule has 3 aromatic heterocycles. The van der Waals surface area contributed by atoms with Crippen LogP contribution in [0.2, 0.25) is 0 Å². The van der Waals surface area contributed by atoms with Crippen LogP contribution in [0.1, 0.15) is 5.69 Å². The van der Waals surface area contributed by atoms with Crippen LogP contribution >= 0.6 is 23.1 Å². The van der Waals surface area contributed by atoms with Gasteiger partial charge in [0.1, 0.15) is 5.82 Å². The largest absolute Gasteiger partial charge is 0.383 e. The maximum atomic E-state index is 11.3. The molecule has 0 aliphatic rings. The molecule has 0 aromatic carbocycles. The lowest BCUT2D eigenvalue weighted by Crippen LogP contribution is -2.09. The van der Waals surface area contributed by atoms with Crippen LogP contribution in [0.15, 0.2) is 44.1 Å². The van der Waals surface area contributed by atoms with Crippen LogP contribution in [0, 0.1) is 0 Å². The highest BCUT2D eigenvalue weighted by atomic mass is 32.2. The molecular formula is C12H10N4O2S2. The molecule has 3 N–H and O–H groups in total. The fourth-order valence-corrected chi connectivity index (χ4v) is 3.02. The summed E-state index contributed by atoms with van der Waals surface area (Å²) in [4.78, 5) is 18.9. The fourth-order valence-electron chi connectivity index (χ4n) is 1.58. The maximum Gasteiger partial charge on any atom is 0.253 e. The number of thioether (sulfide) groups is 1. The summed E-state index contributed by atoms with van der Waals surface area (Å²) in [5.74, 6) is 1.49. The van der Waals surface area contributed by atoms with Crippen molar-refractivity contribution in [3.8, 4) is 10.6 Å². The second-order valence-electron chi connectivity index (χ2n) is 3.92. The molecular weight excluding hydrogens is 296 g/mol. The standard InChI is InChI=1S/C12H10N4O2S2/c13-10-5-11(17)15-12(14-10)20-6-7-4-8(18-16-7)9-2-1-3-19-9/h1-5H,6H2,(H3,13,14,15,17). The van der Waals surface area contributed by atoms with E-state index < -0.39 is 0 Å². The molecule has 3 rings (SSSR count). The Morgan fingerprint density at radius 3 is 3.10 bits per heavy atom. The molecule has 0 saturated carbocycles. The molecule has 0 atom stereocenters. The zero-order valence-electron chi connectivity index (χ0n) is 10.2. The van der Waals surface area contributed by atoms with E-state index in [9.17, 15) is 4.79 Å². The normalized spacial score (nSPS) is 10.8. The molecule has 0 amide bonds. The van der Waals surface area contributed by atoms with Gasteiger partial charge in [0, 0.05) is 17.9 Å². The number of anilines is 1. The number of hydrogen-bond donors (Lipinski definition) is 2. The van der Waals surface area contributed by atoms with Crippen molar-refractivity contribution >= 4 is 28.9 Å². The number of aromatic nitrogens is 3. The smallest absolute Gasteiger partial charge is 0.253 e. The minimum atomic E-state index is -0.264. The summed E-state index contributed by atoms with van der Waals surface area (Å²) >= 11 is 2.94. The Balaban J connectivity index is 1.71. The Bertz CT molecular complexity index is 764. The first-order chi connectivity index (χ1) is 9.70. The molecule has 0 unspecified atom stereocenters. The zero-order valence-corrected chi connectivity index (χ0v) is 11.8. The number of nitrogen functional groups attached to an aromatic ring is 1. The zero-order chi connectivity index (χ0) is 13.9. The number of nitrogens with one attached hydrogen (secondary N) is 1. The number of rotatable bonds is 4. The molecule has 0 aliphatic carbocycles. The van der Waals surface area contributed by atoms with Crippen molar-refractivity contribution in [3.05, 3.63) is 45.7 Å². The number of nitrogens with two attached hydrogens (primary N) is 1. The third kappa shape index (κ3) is 2.91. The number of nitrogens with zero attached hydrogens (tertiary/aromatic N) is 2. The Morgan fingerprint density at radius 1 is 1.45 bits per heavy atom. The Hall–Kier alpha value is -2.06. The van der Waals surface area contributed by atoms with E-state index in [1.165, 1.54) is 17.8 Å². The number of hydrogen-bond acceptors (Lipinski definition) is 7. The van der Waals surface area contributed by atoms with Crippen molar-refractivity contribution in [1.29, 1.82) is 0 Å². The highest BCUT2D eigenvalue weighted by Gasteiger charge is 2.08. The summed E-state index contributed by atoms with van der Waals surface area (Å²) in [5, 5.41) is 6.44. The molecule has 3 aromatic rings. The molecule has 0 saturated heterocycles. The van der Waals surface area contributed by atoms with Crippen LogP contribution in [0.4, 0.5) is 5.82 Å². The molecule has 0 aliphatic heterocycles. The van der Waals surface area contributed by atoms with Crippen LogP contribution in [-0.2, 0) is 5.75 Å². The highest BCUT2D eigenvalue weighted by molar-refractivity contribution is 7.98. The quantitative estimate of drug-likeness (QED) is 0.567. The molecule has 102 valence electrons. The molecule has 8 heteroatoms. The third-order valence-corrected chi connectivity index (χ3v) is 4.21. The molecule has 0 spiro atoms. The topological polar surface area (TPSA) is 97.8 Å². The first-order valence-electron chi connectivity index (χ1n) is 5.70. The van der Waals surface area contributed by atoms with E-state index in [0.717, 1.165) is 16.3 Å². The summed E-state index contributed by atoms with van der Waals surface area (Å²) in [5.41, 5.74) is 6.04. The van der Waals surface area contributed by atoms with Crippen molar-refractivity contribution in [2.24, 2.45) is 0 Å². The van der Waals surface area contributed by atoms with Gasteiger partial charge in [-0.25, -0.2) is 4.98 Å². The summed E-state index contributed by atoms with van der Waals surface area (Å²) in [6.07, 6.45) is 0. The SMILES string of the molecule is Nc1cc(=O)[nH]c(SCc2cc(-c3cccs3)on2)n1. The van der Waals surface area contributed by atoms with Crippen molar-refractivity contribution in [1.82, 2.24) is 15.1 Å². The Kier molecular flexibility index (Phi) is 3.57. The first-order valence-corrected chi connectivity index (χ1v) is 7.56. The van der Waals surface area contributed by atoms with Crippen LogP contribution in [-0.4, -0.2) is 15.1 Å². The van der Waals surface area contributed by atoms with Crippen LogP contribution in [0.25, 0.3) is 10.6 Å². The van der Waals surface area contributed by atoms with E-state index in [2.05, 4.69) is 15.1 Å². The first kappa shape index (κ1) is 12.9. The van der Waals surface area contributed by atoms with Crippen molar-refractivity contribution < 1.29 is 4.52 Å². The summed E-state index contributed by atoms with van der Waals surface area (Å²) in [7, 11) is 0. The summed E-state index contributed by atoms with van der Waals surface area (Å²) in [6.45, 7) is 0. The fraction of sp³-hybridized carbons (Fsp3) is 0.0833. The van der Waals surface area contributed by atoms with Gasteiger partial charge in [0.25, 0.3) is 5.56 Å². The van der Waals surface area contributed by atoms with Crippen molar-refractivity contribution in [3.63, 3.8) is 0 Å². The van der Waals surface area contributed by atoms with Gasteiger partial charge in [0.15, 0.2) is 10.9 Å². The van der Waals surface area contributed by atoms with Crippen LogP contribution < -0.4 is 11.3 Å². The van der Waals surface area contributed by atoms with E-state index in [4.69, 9.17) is 10.3 Å². The van der Waals surface area contributed by atoms with E-state index in [1.54, 1.807) is 11.3 Å². The minimum absolute atomic E-state index is 0.204. The highest BCUT2D eigenvalue weighted by Crippen LogP contribution is 2.27. The lowest BCUT2D eigenvalue weighted by molar-refractivity contribution is 0.427. The van der Waals surface area contributed by atoms with Crippen LogP contribution in [0.3, 0.4) is 0 Å². The Morgan fingerprint density at radius 2 is 2.35 bits per heavy atom. The van der Waals surface area contributed by atoms with Crippen LogP contribution in [0.5, 0.6) is 0 Å². The van der Waals surface area contributed by atoms with Gasteiger partial charge < -0.3 is 15.2 Å². The summed E-state index contributed by atoms with van der Waals surface area (Å²) < 4.78 is 5.27. The Labute approximate surface area is 122 Å². The molecule has 0 radical (unpaired) electrons. The second kappa shape index (κ2) is 5.51.